The number of rotatable bonds is 6. The van der Waals surface area contributed by atoms with Gasteiger partial charge in [0.2, 0.25) is 0 Å². The zero-order valence-corrected chi connectivity index (χ0v) is 11.7. The van der Waals surface area contributed by atoms with E-state index in [-0.39, 0.29) is 0 Å². The van der Waals surface area contributed by atoms with Crippen molar-refractivity contribution < 1.29 is 4.74 Å². The third-order valence-corrected chi connectivity index (χ3v) is 3.17. The number of hydrogen-bond acceptors (Lipinski definition) is 4. The quantitative estimate of drug-likeness (QED) is 0.866. The first-order valence-corrected chi connectivity index (χ1v) is 6.60. The Morgan fingerprint density at radius 2 is 2.11 bits per heavy atom. The number of tetrazole rings is 1. The molecule has 2 rings (SSSR count). The second-order valence-corrected chi connectivity index (χ2v) is 4.91. The van der Waals surface area contributed by atoms with E-state index >= 15 is 0 Å². The van der Waals surface area contributed by atoms with Crippen molar-refractivity contribution in [2.24, 2.45) is 0 Å². The number of methoxy groups -OCH3 is 1. The van der Waals surface area contributed by atoms with Gasteiger partial charge < -0.3 is 4.74 Å². The van der Waals surface area contributed by atoms with Gasteiger partial charge in [-0.3, -0.25) is 0 Å². The molecule has 1 heterocycles. The Balaban J connectivity index is 1.98. The van der Waals surface area contributed by atoms with Gasteiger partial charge in [0.1, 0.15) is 5.75 Å². The normalized spacial score (nSPS) is 10.9. The summed E-state index contributed by atoms with van der Waals surface area (Å²) >= 11 is 0. The smallest absolute Gasteiger partial charge is 0.174 e. The average Bonchev–Trinajstić information content (AvgIpc) is 2.91. The first-order chi connectivity index (χ1) is 9.20. The van der Waals surface area contributed by atoms with Crippen LogP contribution in [0.1, 0.15) is 43.1 Å². The van der Waals surface area contributed by atoms with E-state index in [0.717, 1.165) is 30.8 Å². The molecule has 0 saturated carbocycles. The predicted molar refractivity (Wildman–Crippen MR) is 73.3 cm³/mol. The van der Waals surface area contributed by atoms with E-state index < -0.39 is 0 Å². The first kappa shape index (κ1) is 13.5. The van der Waals surface area contributed by atoms with Gasteiger partial charge in [-0.1, -0.05) is 31.2 Å². The van der Waals surface area contributed by atoms with Crippen molar-refractivity contribution in [2.45, 2.75) is 39.0 Å². The number of benzene rings is 1. The fourth-order valence-electron chi connectivity index (χ4n) is 2.13. The summed E-state index contributed by atoms with van der Waals surface area (Å²) in [7, 11) is 1.72. The van der Waals surface area contributed by atoms with E-state index in [2.05, 4.69) is 52.7 Å². The molecule has 0 aliphatic rings. The van der Waals surface area contributed by atoms with Crippen LogP contribution in [0.5, 0.6) is 5.75 Å². The minimum absolute atomic E-state index is 0.465. The molecule has 2 aromatic rings. The Kier molecular flexibility index (Phi) is 4.49. The third kappa shape index (κ3) is 3.53. The highest BCUT2D eigenvalue weighted by Gasteiger charge is 2.08. The van der Waals surface area contributed by atoms with E-state index in [1.54, 1.807) is 7.11 Å². The molecule has 0 aliphatic heterocycles. The number of nitrogens with one attached hydrogen (secondary N) is 1. The Morgan fingerprint density at radius 3 is 2.74 bits per heavy atom. The minimum atomic E-state index is 0.465. The van der Waals surface area contributed by atoms with Crippen LogP contribution < -0.4 is 4.74 Å². The van der Waals surface area contributed by atoms with Gasteiger partial charge in [0.15, 0.2) is 5.82 Å². The predicted octanol–water partition coefficient (Wildman–Crippen LogP) is 2.51. The molecule has 19 heavy (non-hydrogen) atoms. The number of hydrogen-bond donors (Lipinski definition) is 1. The van der Waals surface area contributed by atoms with E-state index in [1.807, 2.05) is 0 Å². The molecule has 0 unspecified atom stereocenters. The molecule has 102 valence electrons. The Morgan fingerprint density at radius 1 is 1.26 bits per heavy atom. The Hall–Kier alpha value is -1.91. The topological polar surface area (TPSA) is 63.7 Å². The fourth-order valence-corrected chi connectivity index (χ4v) is 2.13. The molecule has 0 bridgehead atoms. The summed E-state index contributed by atoms with van der Waals surface area (Å²) in [6.07, 6.45) is 2.88. The van der Waals surface area contributed by atoms with Crippen molar-refractivity contribution in [3.63, 3.8) is 0 Å². The molecule has 1 aromatic carbocycles. The summed E-state index contributed by atoms with van der Waals surface area (Å²) in [5, 5.41) is 13.9. The van der Waals surface area contributed by atoms with E-state index in [0.29, 0.717) is 5.92 Å². The summed E-state index contributed by atoms with van der Waals surface area (Å²) in [5.74, 6) is 2.21. The van der Waals surface area contributed by atoms with Crippen LogP contribution in [0.25, 0.3) is 0 Å². The van der Waals surface area contributed by atoms with Crippen molar-refractivity contribution in [3.8, 4) is 5.75 Å². The van der Waals surface area contributed by atoms with E-state index in [1.165, 1.54) is 11.1 Å². The third-order valence-electron chi connectivity index (χ3n) is 3.17. The van der Waals surface area contributed by atoms with Crippen LogP contribution in [-0.2, 0) is 12.8 Å². The fraction of sp³-hybridized carbons (Fsp3) is 0.500. The van der Waals surface area contributed by atoms with E-state index in [9.17, 15) is 0 Å². The van der Waals surface area contributed by atoms with Gasteiger partial charge >= 0.3 is 0 Å². The molecular weight excluding hydrogens is 240 g/mol. The van der Waals surface area contributed by atoms with Crippen molar-refractivity contribution in [1.29, 1.82) is 0 Å². The molecule has 0 aliphatic carbocycles. The maximum absolute atomic E-state index is 5.39. The largest absolute Gasteiger partial charge is 0.496 e. The van der Waals surface area contributed by atoms with Gasteiger partial charge in [-0.2, -0.15) is 5.21 Å². The van der Waals surface area contributed by atoms with Gasteiger partial charge in [-0.25, -0.2) is 0 Å². The van der Waals surface area contributed by atoms with Crippen LogP contribution in [0.15, 0.2) is 18.2 Å². The highest BCUT2D eigenvalue weighted by Crippen LogP contribution is 2.27. The molecule has 0 saturated heterocycles. The molecule has 0 fully saturated rings. The van der Waals surface area contributed by atoms with Crippen molar-refractivity contribution in [1.82, 2.24) is 20.6 Å². The first-order valence-electron chi connectivity index (χ1n) is 6.60. The monoisotopic (exact) mass is 260 g/mol. The second-order valence-electron chi connectivity index (χ2n) is 4.91. The SMILES string of the molecule is COc1ccc(CCCc2nn[nH]n2)cc1C(C)C. The summed E-state index contributed by atoms with van der Waals surface area (Å²) in [6, 6.07) is 6.42. The lowest BCUT2D eigenvalue weighted by Gasteiger charge is -2.13. The maximum Gasteiger partial charge on any atom is 0.174 e. The molecule has 0 radical (unpaired) electrons. The highest BCUT2D eigenvalue weighted by atomic mass is 16.5. The molecule has 0 atom stereocenters. The lowest BCUT2D eigenvalue weighted by molar-refractivity contribution is 0.407. The summed E-state index contributed by atoms with van der Waals surface area (Å²) < 4.78 is 5.39. The van der Waals surface area contributed by atoms with Gasteiger partial charge in [0.25, 0.3) is 0 Å². The zero-order chi connectivity index (χ0) is 13.7. The number of ether oxygens (including phenoxy) is 1. The maximum atomic E-state index is 5.39. The van der Waals surface area contributed by atoms with Crippen molar-refractivity contribution in [2.75, 3.05) is 7.11 Å². The number of nitrogens with zero attached hydrogens (tertiary/aromatic N) is 3. The standard InChI is InChI=1S/C14H20N4O/c1-10(2)12-9-11(7-8-13(12)19-3)5-4-6-14-15-17-18-16-14/h7-10H,4-6H2,1-3H3,(H,15,16,17,18). The molecule has 1 N–H and O–H groups in total. The van der Waals surface area contributed by atoms with Crippen LogP contribution >= 0.6 is 0 Å². The lowest BCUT2D eigenvalue weighted by Crippen LogP contribution is -1.98. The second kappa shape index (κ2) is 6.31. The van der Waals surface area contributed by atoms with E-state index in [4.69, 9.17) is 4.74 Å². The molecule has 0 amide bonds. The van der Waals surface area contributed by atoms with Crippen LogP contribution in [-0.4, -0.2) is 27.7 Å². The van der Waals surface area contributed by atoms with Crippen molar-refractivity contribution in [3.05, 3.63) is 35.2 Å². The highest BCUT2D eigenvalue weighted by molar-refractivity contribution is 5.39. The van der Waals surface area contributed by atoms with Gasteiger partial charge in [-0.15, -0.1) is 10.2 Å². The van der Waals surface area contributed by atoms with Crippen LogP contribution in [0, 0.1) is 0 Å². The average molecular weight is 260 g/mol. The zero-order valence-electron chi connectivity index (χ0n) is 11.7. The van der Waals surface area contributed by atoms with Crippen LogP contribution in [0.2, 0.25) is 0 Å². The van der Waals surface area contributed by atoms with Gasteiger partial charge in [0.05, 0.1) is 7.11 Å². The van der Waals surface area contributed by atoms with Gasteiger partial charge in [-0.05, 0) is 36.0 Å². The summed E-state index contributed by atoms with van der Waals surface area (Å²) in [6.45, 7) is 4.36. The summed E-state index contributed by atoms with van der Waals surface area (Å²) in [4.78, 5) is 0. The number of aromatic nitrogens is 4. The number of aryl methyl sites for hydroxylation is 2. The Bertz CT molecular complexity index is 508. The van der Waals surface area contributed by atoms with Crippen molar-refractivity contribution >= 4 is 0 Å². The van der Waals surface area contributed by atoms with Crippen LogP contribution in [0.4, 0.5) is 0 Å². The molecule has 5 heteroatoms. The lowest BCUT2D eigenvalue weighted by atomic mass is 9.97. The molecule has 0 spiro atoms. The molecule has 5 nitrogen and oxygen atoms in total. The number of H-pyrrole nitrogens is 1. The number of aromatic amines is 1. The van der Waals surface area contributed by atoms with Crippen LogP contribution in [0.3, 0.4) is 0 Å². The molecule has 1 aromatic heterocycles. The Labute approximate surface area is 113 Å². The molecular formula is C14H20N4O. The minimum Gasteiger partial charge on any atom is -0.496 e. The summed E-state index contributed by atoms with van der Waals surface area (Å²) in [5.41, 5.74) is 2.59. The van der Waals surface area contributed by atoms with Gasteiger partial charge in [0, 0.05) is 6.42 Å².